The molecule has 1 aromatic carbocycles. The SMILES string of the molecule is COCCOCc1nc2c(I)c(-c3ccc(F)cc3)nc(N)n2n1. The van der Waals surface area contributed by atoms with E-state index in [0.717, 1.165) is 9.13 Å². The lowest BCUT2D eigenvalue weighted by Gasteiger charge is -2.06. The molecule has 0 fully saturated rings. The van der Waals surface area contributed by atoms with Crippen LogP contribution in [0.1, 0.15) is 5.82 Å². The number of halogens is 2. The van der Waals surface area contributed by atoms with Crippen LogP contribution < -0.4 is 5.73 Å². The Labute approximate surface area is 151 Å². The quantitative estimate of drug-likeness (QED) is 0.465. The molecule has 0 aliphatic carbocycles. The Hall–Kier alpha value is -1.85. The van der Waals surface area contributed by atoms with Crippen LogP contribution in [0.3, 0.4) is 0 Å². The number of methoxy groups -OCH3 is 1. The summed E-state index contributed by atoms with van der Waals surface area (Å²) in [5.41, 5.74) is 7.98. The van der Waals surface area contributed by atoms with E-state index < -0.39 is 0 Å². The van der Waals surface area contributed by atoms with E-state index in [1.807, 2.05) is 0 Å². The van der Waals surface area contributed by atoms with Crippen molar-refractivity contribution in [1.29, 1.82) is 0 Å². The summed E-state index contributed by atoms with van der Waals surface area (Å²) in [6.07, 6.45) is 0. The van der Waals surface area contributed by atoms with Crippen LogP contribution >= 0.6 is 22.6 Å². The molecule has 24 heavy (non-hydrogen) atoms. The molecule has 7 nitrogen and oxygen atoms in total. The normalized spacial score (nSPS) is 11.3. The van der Waals surface area contributed by atoms with Crippen molar-refractivity contribution >= 4 is 34.2 Å². The van der Waals surface area contributed by atoms with Gasteiger partial charge in [0.15, 0.2) is 11.5 Å². The largest absolute Gasteiger partial charge is 0.382 e. The molecular formula is C15H15FIN5O2. The van der Waals surface area contributed by atoms with Gasteiger partial charge >= 0.3 is 0 Å². The maximum Gasteiger partial charge on any atom is 0.223 e. The summed E-state index contributed by atoms with van der Waals surface area (Å²) >= 11 is 2.14. The highest BCUT2D eigenvalue weighted by molar-refractivity contribution is 14.1. The molecule has 2 heterocycles. The number of nitrogens with two attached hydrogens (primary N) is 1. The van der Waals surface area contributed by atoms with Gasteiger partial charge in [-0.3, -0.25) is 0 Å². The van der Waals surface area contributed by atoms with E-state index in [2.05, 4.69) is 37.7 Å². The number of hydrogen-bond donors (Lipinski definition) is 1. The number of fused-ring (bicyclic) bond motifs is 1. The van der Waals surface area contributed by atoms with Gasteiger partial charge in [-0.1, -0.05) is 0 Å². The topological polar surface area (TPSA) is 87.6 Å². The maximum atomic E-state index is 13.1. The van der Waals surface area contributed by atoms with Crippen LogP contribution in [0.2, 0.25) is 0 Å². The standard InChI is InChI=1S/C15H15FIN5O2/c1-23-6-7-24-8-11-19-14-12(17)13(20-15(18)22(14)21-11)9-2-4-10(16)5-3-9/h2-5H,6-8H2,1H3,(H2,18,20). The molecule has 0 aliphatic heterocycles. The molecule has 2 aromatic heterocycles. The van der Waals surface area contributed by atoms with Gasteiger partial charge in [0.25, 0.3) is 0 Å². The summed E-state index contributed by atoms with van der Waals surface area (Å²) in [6.45, 7) is 1.22. The van der Waals surface area contributed by atoms with E-state index in [9.17, 15) is 4.39 Å². The molecule has 2 N–H and O–H groups in total. The van der Waals surface area contributed by atoms with Crippen LogP contribution in [0.5, 0.6) is 0 Å². The first-order valence-corrected chi connectivity index (χ1v) is 8.21. The molecule has 0 atom stereocenters. The number of ether oxygens (including phenoxy) is 2. The third-order valence-corrected chi connectivity index (χ3v) is 4.27. The van der Waals surface area contributed by atoms with E-state index in [0.29, 0.717) is 30.4 Å². The average Bonchev–Trinajstić information content (AvgIpc) is 3.01. The predicted octanol–water partition coefficient (Wildman–Crippen LogP) is 2.28. The Balaban J connectivity index is 1.95. The van der Waals surface area contributed by atoms with Crippen LogP contribution in [-0.2, 0) is 16.1 Å². The van der Waals surface area contributed by atoms with Crippen molar-refractivity contribution in [2.24, 2.45) is 0 Å². The van der Waals surface area contributed by atoms with Gasteiger partial charge in [0, 0.05) is 12.7 Å². The molecule has 0 bridgehead atoms. The van der Waals surface area contributed by atoms with Crippen molar-refractivity contribution in [3.05, 3.63) is 39.5 Å². The van der Waals surface area contributed by atoms with Crippen LogP contribution in [0.4, 0.5) is 10.3 Å². The molecule has 0 aliphatic rings. The first-order chi connectivity index (χ1) is 11.6. The zero-order valence-electron chi connectivity index (χ0n) is 12.9. The van der Waals surface area contributed by atoms with Crippen molar-refractivity contribution < 1.29 is 13.9 Å². The molecule has 0 unspecified atom stereocenters. The Morgan fingerprint density at radius 3 is 2.67 bits per heavy atom. The third-order valence-electron chi connectivity index (χ3n) is 3.28. The molecule has 3 rings (SSSR count). The fourth-order valence-electron chi connectivity index (χ4n) is 2.14. The summed E-state index contributed by atoms with van der Waals surface area (Å²) < 4.78 is 25.7. The highest BCUT2D eigenvalue weighted by atomic mass is 127. The molecular weight excluding hydrogens is 428 g/mol. The lowest BCUT2D eigenvalue weighted by Crippen LogP contribution is -2.06. The third kappa shape index (κ3) is 3.47. The van der Waals surface area contributed by atoms with Crippen molar-refractivity contribution in [3.8, 4) is 11.3 Å². The molecule has 0 saturated heterocycles. The highest BCUT2D eigenvalue weighted by Gasteiger charge is 2.16. The van der Waals surface area contributed by atoms with E-state index >= 15 is 0 Å². The van der Waals surface area contributed by atoms with Crippen molar-refractivity contribution in [1.82, 2.24) is 19.6 Å². The average molecular weight is 443 g/mol. The second-order valence-corrected chi connectivity index (χ2v) is 6.03. The van der Waals surface area contributed by atoms with Crippen molar-refractivity contribution in [3.63, 3.8) is 0 Å². The molecule has 0 radical (unpaired) electrons. The fourth-order valence-corrected chi connectivity index (χ4v) is 2.92. The summed E-state index contributed by atoms with van der Waals surface area (Å²) in [6, 6.07) is 6.07. The minimum absolute atomic E-state index is 0.209. The first-order valence-electron chi connectivity index (χ1n) is 7.13. The summed E-state index contributed by atoms with van der Waals surface area (Å²) in [4.78, 5) is 8.83. The Morgan fingerprint density at radius 1 is 1.21 bits per heavy atom. The smallest absolute Gasteiger partial charge is 0.223 e. The van der Waals surface area contributed by atoms with E-state index in [1.165, 1.54) is 16.6 Å². The Morgan fingerprint density at radius 2 is 1.96 bits per heavy atom. The van der Waals surface area contributed by atoms with Crippen LogP contribution in [0, 0.1) is 9.39 Å². The zero-order chi connectivity index (χ0) is 17.1. The predicted molar refractivity (Wildman–Crippen MR) is 94.8 cm³/mol. The molecule has 126 valence electrons. The van der Waals surface area contributed by atoms with Gasteiger partial charge in [-0.25, -0.2) is 14.4 Å². The lowest BCUT2D eigenvalue weighted by molar-refractivity contribution is 0.0587. The lowest BCUT2D eigenvalue weighted by atomic mass is 10.1. The summed E-state index contributed by atoms with van der Waals surface area (Å²) in [7, 11) is 1.61. The minimum atomic E-state index is -0.305. The van der Waals surface area contributed by atoms with E-state index in [1.54, 1.807) is 19.2 Å². The van der Waals surface area contributed by atoms with Gasteiger partial charge in [0.2, 0.25) is 5.95 Å². The van der Waals surface area contributed by atoms with Crippen LogP contribution in [0.25, 0.3) is 16.9 Å². The van der Waals surface area contributed by atoms with Gasteiger partial charge in [-0.05, 0) is 46.9 Å². The summed E-state index contributed by atoms with van der Waals surface area (Å²) in [5.74, 6) is 0.412. The number of nitrogens with zero attached hydrogens (tertiary/aromatic N) is 4. The zero-order valence-corrected chi connectivity index (χ0v) is 15.0. The number of benzene rings is 1. The second kappa shape index (κ2) is 7.36. The Bertz CT molecular complexity index is 853. The van der Waals surface area contributed by atoms with E-state index in [-0.39, 0.29) is 18.4 Å². The Kier molecular flexibility index (Phi) is 5.21. The number of aromatic nitrogens is 4. The highest BCUT2D eigenvalue weighted by Crippen LogP contribution is 2.27. The van der Waals surface area contributed by atoms with Gasteiger partial charge in [0.1, 0.15) is 12.4 Å². The number of anilines is 1. The molecule has 0 saturated carbocycles. The number of hydrogen-bond acceptors (Lipinski definition) is 6. The monoisotopic (exact) mass is 443 g/mol. The molecule has 9 heteroatoms. The van der Waals surface area contributed by atoms with Gasteiger partial charge in [-0.2, -0.15) is 4.52 Å². The van der Waals surface area contributed by atoms with Crippen LogP contribution in [0.15, 0.2) is 24.3 Å². The first kappa shape index (κ1) is 17.0. The minimum Gasteiger partial charge on any atom is -0.382 e. The van der Waals surface area contributed by atoms with E-state index in [4.69, 9.17) is 15.2 Å². The molecule has 0 spiro atoms. The van der Waals surface area contributed by atoms with Gasteiger partial charge in [-0.15, -0.1) is 5.10 Å². The fraction of sp³-hybridized carbons (Fsp3) is 0.267. The van der Waals surface area contributed by atoms with Crippen LogP contribution in [-0.4, -0.2) is 39.9 Å². The van der Waals surface area contributed by atoms with Gasteiger partial charge in [0.05, 0.1) is 22.5 Å². The van der Waals surface area contributed by atoms with Crippen molar-refractivity contribution in [2.45, 2.75) is 6.61 Å². The molecule has 0 amide bonds. The number of nitrogen functional groups attached to an aromatic ring is 1. The maximum absolute atomic E-state index is 13.1. The second-order valence-electron chi connectivity index (χ2n) is 4.95. The summed E-state index contributed by atoms with van der Waals surface area (Å²) in [5, 5.41) is 4.31. The van der Waals surface area contributed by atoms with Gasteiger partial charge < -0.3 is 15.2 Å². The van der Waals surface area contributed by atoms with Crippen molar-refractivity contribution in [2.75, 3.05) is 26.1 Å². The molecule has 3 aromatic rings. The number of rotatable bonds is 6.